The van der Waals surface area contributed by atoms with Crippen molar-refractivity contribution >= 4 is 33.2 Å². The van der Waals surface area contributed by atoms with Crippen LogP contribution in [-0.4, -0.2) is 20.4 Å². The monoisotopic (exact) mass is 472 g/mol. The zero-order chi connectivity index (χ0) is 23.3. The highest BCUT2D eigenvalue weighted by Crippen LogP contribution is 2.26. The highest BCUT2D eigenvalue weighted by molar-refractivity contribution is 7.92. The summed E-state index contributed by atoms with van der Waals surface area (Å²) in [5, 5.41) is 2.96. The molecule has 0 spiro atoms. The number of rotatable bonds is 8. The summed E-state index contributed by atoms with van der Waals surface area (Å²) in [6.45, 7) is 6.08. The topological polar surface area (TPSA) is 84.5 Å². The van der Waals surface area contributed by atoms with Gasteiger partial charge >= 0.3 is 0 Å². The van der Waals surface area contributed by atoms with Crippen molar-refractivity contribution in [2.24, 2.45) is 0 Å². The molecule has 3 aromatic carbocycles. The smallest absolute Gasteiger partial charge is 0.261 e. The number of hydrogen-bond acceptors (Lipinski definition) is 4. The maximum atomic E-state index is 12.6. The lowest BCUT2D eigenvalue weighted by molar-refractivity contribution is 0.0951. The van der Waals surface area contributed by atoms with E-state index in [1.165, 1.54) is 30.3 Å². The van der Waals surface area contributed by atoms with Gasteiger partial charge in [-0.2, -0.15) is 0 Å². The predicted molar refractivity (Wildman–Crippen MR) is 127 cm³/mol. The predicted octanol–water partition coefficient (Wildman–Crippen LogP) is 5.17. The fourth-order valence-electron chi connectivity index (χ4n) is 2.95. The van der Waals surface area contributed by atoms with E-state index in [9.17, 15) is 13.2 Å². The van der Waals surface area contributed by atoms with Gasteiger partial charge in [-0.15, -0.1) is 0 Å². The summed E-state index contributed by atoms with van der Waals surface area (Å²) in [7, 11) is -3.79. The fourth-order valence-corrected chi connectivity index (χ4v) is 4.31. The molecule has 0 aliphatic heterocycles. The third-order valence-electron chi connectivity index (χ3n) is 4.53. The van der Waals surface area contributed by atoms with Crippen molar-refractivity contribution in [1.82, 2.24) is 5.32 Å². The number of sulfonamides is 1. The first-order valence-electron chi connectivity index (χ1n) is 10.1. The van der Waals surface area contributed by atoms with Crippen LogP contribution in [0.5, 0.6) is 5.75 Å². The third-order valence-corrected chi connectivity index (χ3v) is 6.22. The van der Waals surface area contributed by atoms with E-state index < -0.39 is 10.0 Å². The Kier molecular flexibility index (Phi) is 7.43. The van der Waals surface area contributed by atoms with Crippen LogP contribution >= 0.6 is 11.6 Å². The molecule has 3 rings (SSSR count). The van der Waals surface area contributed by atoms with Gasteiger partial charge in [0.15, 0.2) is 0 Å². The van der Waals surface area contributed by atoms with Gasteiger partial charge < -0.3 is 10.1 Å². The quantitative estimate of drug-likeness (QED) is 0.474. The molecule has 32 heavy (non-hydrogen) atoms. The van der Waals surface area contributed by atoms with Crippen molar-refractivity contribution in [3.8, 4) is 5.75 Å². The van der Waals surface area contributed by atoms with Crippen molar-refractivity contribution in [2.45, 2.75) is 38.3 Å². The van der Waals surface area contributed by atoms with Gasteiger partial charge in [0.25, 0.3) is 15.9 Å². The van der Waals surface area contributed by atoms with Gasteiger partial charge in [0.2, 0.25) is 0 Å². The van der Waals surface area contributed by atoms with Crippen molar-refractivity contribution < 1.29 is 17.9 Å². The summed E-state index contributed by atoms with van der Waals surface area (Å²) >= 11 is 6.26. The third kappa shape index (κ3) is 6.24. The van der Waals surface area contributed by atoms with E-state index in [0.717, 1.165) is 16.9 Å². The molecule has 0 saturated heterocycles. The van der Waals surface area contributed by atoms with Crippen molar-refractivity contribution in [3.05, 3.63) is 88.4 Å². The second-order valence-corrected chi connectivity index (χ2v) is 9.70. The molecule has 0 heterocycles. The average molecular weight is 473 g/mol. The second-order valence-electron chi connectivity index (χ2n) is 7.61. The van der Waals surface area contributed by atoms with Gasteiger partial charge in [-0.05, 0) is 68.8 Å². The lowest BCUT2D eigenvalue weighted by Gasteiger charge is -2.12. The Labute approximate surface area is 193 Å². The Hall–Kier alpha value is -3.03. The average Bonchev–Trinajstić information content (AvgIpc) is 2.73. The summed E-state index contributed by atoms with van der Waals surface area (Å²) in [4.78, 5) is 12.7. The molecule has 0 radical (unpaired) electrons. The van der Waals surface area contributed by atoms with E-state index in [1.807, 2.05) is 45.0 Å². The molecule has 0 aliphatic rings. The van der Waals surface area contributed by atoms with E-state index in [1.54, 1.807) is 12.1 Å². The van der Waals surface area contributed by atoms with Crippen LogP contribution in [0, 0.1) is 6.92 Å². The molecule has 168 valence electrons. The van der Waals surface area contributed by atoms with E-state index >= 15 is 0 Å². The summed E-state index contributed by atoms with van der Waals surface area (Å²) in [5.41, 5.74) is 2.37. The molecule has 2 N–H and O–H groups in total. The highest BCUT2D eigenvalue weighted by atomic mass is 35.5. The maximum Gasteiger partial charge on any atom is 0.261 e. The summed E-state index contributed by atoms with van der Waals surface area (Å²) in [6.07, 6.45) is 0.0592. The zero-order valence-electron chi connectivity index (χ0n) is 18.1. The molecule has 0 atom stereocenters. The van der Waals surface area contributed by atoms with Gasteiger partial charge in [-0.3, -0.25) is 9.52 Å². The van der Waals surface area contributed by atoms with Crippen molar-refractivity contribution in [2.75, 3.05) is 4.72 Å². The van der Waals surface area contributed by atoms with Crippen LogP contribution in [-0.2, 0) is 16.6 Å². The van der Waals surface area contributed by atoms with Crippen LogP contribution in [0.1, 0.15) is 35.3 Å². The van der Waals surface area contributed by atoms with E-state index in [-0.39, 0.29) is 27.6 Å². The Morgan fingerprint density at radius 1 is 1.03 bits per heavy atom. The number of benzene rings is 3. The standard InChI is InChI=1S/C24H25ClN2O4S/c1-16(2)31-20-6-4-5-18(13-20)15-26-24(28)19-9-12-23(22(25)14-19)27-32(29,30)21-10-7-17(3)8-11-21/h4-14,16,27H,15H2,1-3H3,(H,26,28). The fraction of sp³-hybridized carbons (Fsp3) is 0.208. The van der Waals surface area contributed by atoms with Crippen LogP contribution < -0.4 is 14.8 Å². The number of aryl methyl sites for hydroxylation is 1. The molecular weight excluding hydrogens is 448 g/mol. The number of hydrogen-bond donors (Lipinski definition) is 2. The highest BCUT2D eigenvalue weighted by Gasteiger charge is 2.17. The first-order valence-corrected chi connectivity index (χ1v) is 11.9. The normalized spacial score (nSPS) is 11.3. The van der Waals surface area contributed by atoms with Crippen LogP contribution in [0.15, 0.2) is 71.6 Å². The first kappa shape index (κ1) is 23.6. The number of carbonyl (C=O) groups is 1. The molecule has 6 nitrogen and oxygen atoms in total. The van der Waals surface area contributed by atoms with Gasteiger partial charge in [-0.25, -0.2) is 8.42 Å². The van der Waals surface area contributed by atoms with Crippen molar-refractivity contribution in [1.29, 1.82) is 0 Å². The van der Waals surface area contributed by atoms with E-state index in [2.05, 4.69) is 10.0 Å². The number of amides is 1. The molecule has 1 amide bonds. The number of halogens is 1. The first-order chi connectivity index (χ1) is 15.1. The van der Waals surface area contributed by atoms with E-state index in [0.29, 0.717) is 12.1 Å². The molecule has 0 saturated carbocycles. The Morgan fingerprint density at radius 2 is 1.75 bits per heavy atom. The Morgan fingerprint density at radius 3 is 2.41 bits per heavy atom. The number of ether oxygens (including phenoxy) is 1. The zero-order valence-corrected chi connectivity index (χ0v) is 19.6. The van der Waals surface area contributed by atoms with Gasteiger partial charge in [0.05, 0.1) is 21.7 Å². The maximum absolute atomic E-state index is 12.6. The molecular formula is C24H25ClN2O4S. The number of nitrogens with one attached hydrogen (secondary N) is 2. The lowest BCUT2D eigenvalue weighted by Crippen LogP contribution is -2.23. The Bertz CT molecular complexity index is 1210. The minimum atomic E-state index is -3.79. The summed E-state index contributed by atoms with van der Waals surface area (Å²) in [6, 6.07) is 18.4. The molecule has 0 aliphatic carbocycles. The lowest BCUT2D eigenvalue weighted by atomic mass is 10.1. The van der Waals surface area contributed by atoms with Crippen LogP contribution in [0.3, 0.4) is 0 Å². The SMILES string of the molecule is Cc1ccc(S(=O)(=O)Nc2ccc(C(=O)NCc3cccc(OC(C)C)c3)cc2Cl)cc1. The largest absolute Gasteiger partial charge is 0.491 e. The van der Waals surface area contributed by atoms with Gasteiger partial charge in [0, 0.05) is 12.1 Å². The molecule has 0 bridgehead atoms. The van der Waals surface area contributed by atoms with Crippen LogP contribution in [0.2, 0.25) is 5.02 Å². The number of carbonyl (C=O) groups excluding carboxylic acids is 1. The number of anilines is 1. The molecule has 0 fully saturated rings. The van der Waals surface area contributed by atoms with Crippen LogP contribution in [0.25, 0.3) is 0 Å². The Balaban J connectivity index is 1.67. The minimum Gasteiger partial charge on any atom is -0.491 e. The molecule has 0 aromatic heterocycles. The summed E-state index contributed by atoms with van der Waals surface area (Å²) < 4.78 is 33.3. The molecule has 0 unspecified atom stereocenters. The van der Waals surface area contributed by atoms with Crippen molar-refractivity contribution in [3.63, 3.8) is 0 Å². The van der Waals surface area contributed by atoms with E-state index in [4.69, 9.17) is 16.3 Å². The van der Waals surface area contributed by atoms with Gasteiger partial charge in [-0.1, -0.05) is 41.4 Å². The second kappa shape index (κ2) is 10.1. The summed E-state index contributed by atoms with van der Waals surface area (Å²) in [5.74, 6) is 0.412. The van der Waals surface area contributed by atoms with Crippen LogP contribution in [0.4, 0.5) is 5.69 Å². The molecule has 3 aromatic rings. The molecule has 8 heteroatoms. The minimum absolute atomic E-state index is 0.0592. The van der Waals surface area contributed by atoms with Gasteiger partial charge in [0.1, 0.15) is 5.75 Å².